The highest BCUT2D eigenvalue weighted by atomic mass is 16.2. The van der Waals surface area contributed by atoms with Gasteiger partial charge < -0.3 is 20.9 Å². The Kier molecular flexibility index (Phi) is 3.77. The third kappa shape index (κ3) is 3.75. The second kappa shape index (κ2) is 5.87. The van der Waals surface area contributed by atoms with E-state index in [4.69, 9.17) is 0 Å². The molecule has 21 heavy (non-hydrogen) atoms. The molecule has 110 valence electrons. The smallest absolute Gasteiger partial charge is 0.315 e. The van der Waals surface area contributed by atoms with Crippen LogP contribution in [0.5, 0.6) is 0 Å². The lowest BCUT2D eigenvalue weighted by molar-refractivity contribution is -0.120. The molecule has 0 aliphatic heterocycles. The number of hydrogen-bond donors (Lipinski definition) is 4. The topological polar surface area (TPSA) is 86.0 Å². The maximum Gasteiger partial charge on any atom is 0.315 e. The van der Waals surface area contributed by atoms with Gasteiger partial charge in [-0.3, -0.25) is 4.79 Å². The van der Waals surface area contributed by atoms with E-state index in [1.165, 1.54) is 0 Å². The van der Waals surface area contributed by atoms with Crippen LogP contribution in [-0.4, -0.2) is 29.5 Å². The predicted octanol–water partition coefficient (Wildman–Crippen LogP) is 1.25. The molecule has 0 spiro atoms. The fourth-order valence-electron chi connectivity index (χ4n) is 2.13. The van der Waals surface area contributed by atoms with Crippen molar-refractivity contribution in [2.24, 2.45) is 0 Å². The molecule has 1 heterocycles. The average molecular weight is 286 g/mol. The normalized spacial score (nSPS) is 13.9. The standard InChI is InChI=1S/C15H18N4O2/c20-14(19-11-5-6-11)9-17-15(21)16-8-12-7-10-3-1-2-4-13(10)18-12/h1-4,7,11,18H,5-6,8-9H2,(H,19,20)(H2,16,17,21). The molecule has 3 amide bonds. The van der Waals surface area contributed by atoms with Gasteiger partial charge >= 0.3 is 6.03 Å². The zero-order valence-electron chi connectivity index (χ0n) is 11.6. The minimum Gasteiger partial charge on any atom is -0.357 e. The van der Waals surface area contributed by atoms with Crippen LogP contribution < -0.4 is 16.0 Å². The van der Waals surface area contributed by atoms with Crippen LogP contribution in [0.15, 0.2) is 30.3 Å². The molecule has 1 aliphatic rings. The summed E-state index contributed by atoms with van der Waals surface area (Å²) in [5, 5.41) is 9.19. The first-order valence-electron chi connectivity index (χ1n) is 7.08. The number of hydrogen-bond acceptors (Lipinski definition) is 2. The molecule has 1 aromatic heterocycles. The number of para-hydroxylation sites is 1. The number of urea groups is 1. The van der Waals surface area contributed by atoms with Crippen LogP contribution in [-0.2, 0) is 11.3 Å². The summed E-state index contributed by atoms with van der Waals surface area (Å²) >= 11 is 0. The van der Waals surface area contributed by atoms with E-state index in [9.17, 15) is 9.59 Å². The molecule has 0 saturated heterocycles. The second-order valence-electron chi connectivity index (χ2n) is 5.26. The third-order valence-electron chi connectivity index (χ3n) is 3.38. The fourth-order valence-corrected chi connectivity index (χ4v) is 2.13. The van der Waals surface area contributed by atoms with Crippen LogP contribution in [0, 0.1) is 0 Å². The van der Waals surface area contributed by atoms with Gasteiger partial charge in [-0.05, 0) is 30.4 Å². The summed E-state index contributed by atoms with van der Waals surface area (Å²) in [6.45, 7) is 0.403. The molecule has 0 atom stereocenters. The Labute approximate surface area is 122 Å². The van der Waals surface area contributed by atoms with Gasteiger partial charge in [0.2, 0.25) is 5.91 Å². The number of nitrogens with one attached hydrogen (secondary N) is 4. The summed E-state index contributed by atoms with van der Waals surface area (Å²) in [5.74, 6) is -0.140. The van der Waals surface area contributed by atoms with Gasteiger partial charge in [0.1, 0.15) is 0 Å². The molecule has 1 saturated carbocycles. The summed E-state index contributed by atoms with van der Waals surface area (Å²) in [6.07, 6.45) is 2.08. The van der Waals surface area contributed by atoms with E-state index in [2.05, 4.69) is 20.9 Å². The third-order valence-corrected chi connectivity index (χ3v) is 3.38. The van der Waals surface area contributed by atoms with Gasteiger partial charge in [0.15, 0.2) is 0 Å². The summed E-state index contributed by atoms with van der Waals surface area (Å²) < 4.78 is 0. The van der Waals surface area contributed by atoms with Crippen molar-refractivity contribution >= 4 is 22.8 Å². The number of aromatic nitrogens is 1. The van der Waals surface area contributed by atoms with Crippen LogP contribution in [0.4, 0.5) is 4.79 Å². The minimum absolute atomic E-state index is 0.00896. The van der Waals surface area contributed by atoms with Crippen molar-refractivity contribution in [2.45, 2.75) is 25.4 Å². The van der Waals surface area contributed by atoms with Gasteiger partial charge in [0.05, 0.1) is 13.1 Å². The quantitative estimate of drug-likeness (QED) is 0.666. The first-order valence-corrected chi connectivity index (χ1v) is 7.08. The number of benzene rings is 1. The van der Waals surface area contributed by atoms with Gasteiger partial charge in [0.25, 0.3) is 0 Å². The molecule has 3 rings (SSSR count). The van der Waals surface area contributed by atoms with Crippen molar-refractivity contribution < 1.29 is 9.59 Å². The molecule has 0 unspecified atom stereocenters. The number of carbonyl (C=O) groups excluding carboxylic acids is 2. The van der Waals surface area contributed by atoms with E-state index < -0.39 is 0 Å². The summed E-state index contributed by atoms with van der Waals surface area (Å²) in [6, 6.07) is 9.89. The van der Waals surface area contributed by atoms with E-state index in [0.717, 1.165) is 29.4 Å². The Hall–Kier alpha value is -2.50. The highest BCUT2D eigenvalue weighted by molar-refractivity contribution is 5.84. The number of amides is 3. The second-order valence-corrected chi connectivity index (χ2v) is 5.26. The minimum atomic E-state index is -0.348. The highest BCUT2D eigenvalue weighted by Gasteiger charge is 2.23. The molecule has 1 fully saturated rings. The molecule has 4 N–H and O–H groups in total. The van der Waals surface area contributed by atoms with Crippen molar-refractivity contribution in [3.8, 4) is 0 Å². The Morgan fingerprint density at radius 3 is 2.76 bits per heavy atom. The molecular weight excluding hydrogens is 268 g/mol. The van der Waals surface area contributed by atoms with Gasteiger partial charge in [-0.1, -0.05) is 18.2 Å². The Morgan fingerprint density at radius 2 is 2.00 bits per heavy atom. The maximum atomic E-state index is 11.6. The first-order chi connectivity index (χ1) is 10.2. The monoisotopic (exact) mass is 286 g/mol. The summed E-state index contributed by atoms with van der Waals surface area (Å²) in [5.41, 5.74) is 1.97. The Bertz CT molecular complexity index is 627. The molecule has 0 radical (unpaired) electrons. The van der Waals surface area contributed by atoms with Crippen molar-refractivity contribution in [2.75, 3.05) is 6.54 Å². The lowest BCUT2D eigenvalue weighted by Crippen LogP contribution is -2.42. The maximum absolute atomic E-state index is 11.6. The number of rotatable bonds is 5. The molecule has 0 bridgehead atoms. The van der Waals surface area contributed by atoms with E-state index in [1.807, 2.05) is 30.3 Å². The van der Waals surface area contributed by atoms with Gasteiger partial charge in [-0.2, -0.15) is 0 Å². The number of aromatic amines is 1. The van der Waals surface area contributed by atoms with Crippen LogP contribution in [0.1, 0.15) is 18.5 Å². The van der Waals surface area contributed by atoms with Crippen LogP contribution in [0.2, 0.25) is 0 Å². The lowest BCUT2D eigenvalue weighted by atomic mass is 10.2. The molecule has 1 aromatic carbocycles. The number of fused-ring (bicyclic) bond motifs is 1. The van der Waals surface area contributed by atoms with E-state index >= 15 is 0 Å². The molecule has 6 nitrogen and oxygen atoms in total. The summed E-state index contributed by atoms with van der Waals surface area (Å²) in [7, 11) is 0. The van der Waals surface area contributed by atoms with Crippen molar-refractivity contribution in [1.82, 2.24) is 20.9 Å². The Balaban J connectivity index is 1.43. The molecule has 6 heteroatoms. The summed E-state index contributed by atoms with van der Waals surface area (Å²) in [4.78, 5) is 26.3. The fraction of sp³-hybridized carbons (Fsp3) is 0.333. The van der Waals surface area contributed by atoms with Gasteiger partial charge in [-0.25, -0.2) is 4.79 Å². The van der Waals surface area contributed by atoms with Crippen LogP contribution in [0.25, 0.3) is 10.9 Å². The highest BCUT2D eigenvalue weighted by Crippen LogP contribution is 2.18. The predicted molar refractivity (Wildman–Crippen MR) is 79.7 cm³/mol. The Morgan fingerprint density at radius 1 is 1.19 bits per heavy atom. The molecular formula is C15H18N4O2. The lowest BCUT2D eigenvalue weighted by Gasteiger charge is -2.07. The van der Waals surface area contributed by atoms with Gasteiger partial charge in [0, 0.05) is 17.3 Å². The van der Waals surface area contributed by atoms with Crippen molar-refractivity contribution in [3.63, 3.8) is 0 Å². The van der Waals surface area contributed by atoms with E-state index in [1.54, 1.807) is 0 Å². The first kappa shape index (κ1) is 13.5. The zero-order valence-corrected chi connectivity index (χ0v) is 11.6. The molecule has 2 aromatic rings. The van der Waals surface area contributed by atoms with E-state index in [0.29, 0.717) is 12.6 Å². The average Bonchev–Trinajstić information content (AvgIpc) is 3.18. The largest absolute Gasteiger partial charge is 0.357 e. The van der Waals surface area contributed by atoms with Crippen molar-refractivity contribution in [1.29, 1.82) is 0 Å². The van der Waals surface area contributed by atoms with E-state index in [-0.39, 0.29) is 18.5 Å². The number of H-pyrrole nitrogens is 1. The number of carbonyl (C=O) groups is 2. The van der Waals surface area contributed by atoms with Crippen molar-refractivity contribution in [3.05, 3.63) is 36.0 Å². The van der Waals surface area contributed by atoms with Crippen LogP contribution >= 0.6 is 0 Å². The van der Waals surface area contributed by atoms with Gasteiger partial charge in [-0.15, -0.1) is 0 Å². The zero-order chi connectivity index (χ0) is 14.7. The SMILES string of the molecule is O=C(CNC(=O)NCc1cc2ccccc2[nH]1)NC1CC1. The van der Waals surface area contributed by atoms with Crippen LogP contribution in [0.3, 0.4) is 0 Å². The molecule has 1 aliphatic carbocycles.